The van der Waals surface area contributed by atoms with Crippen molar-refractivity contribution in [3.05, 3.63) is 11.7 Å². The molecule has 5 nitrogen and oxygen atoms in total. The van der Waals surface area contributed by atoms with Gasteiger partial charge in [-0.1, -0.05) is 5.16 Å². The Morgan fingerprint density at radius 2 is 2.50 bits per heavy atom. The normalized spacial score (nSPS) is 22.6. The lowest BCUT2D eigenvalue weighted by atomic mass is 10.0. The van der Waals surface area contributed by atoms with Gasteiger partial charge in [-0.2, -0.15) is 10.2 Å². The quantitative estimate of drug-likeness (QED) is 0.776. The fourth-order valence-electron chi connectivity index (χ4n) is 1.77. The van der Waals surface area contributed by atoms with E-state index in [9.17, 15) is 0 Å². The molecule has 0 saturated carbocycles. The number of rotatable bonds is 3. The SMILES string of the molecule is CC(C#N)Cc1nc(C2CCCOC2)no1. The maximum absolute atomic E-state index is 8.69. The fourth-order valence-corrected chi connectivity index (χ4v) is 1.77. The van der Waals surface area contributed by atoms with E-state index in [0.717, 1.165) is 25.3 Å². The van der Waals surface area contributed by atoms with E-state index >= 15 is 0 Å². The van der Waals surface area contributed by atoms with Crippen molar-refractivity contribution in [2.24, 2.45) is 5.92 Å². The van der Waals surface area contributed by atoms with Gasteiger partial charge in [-0.05, 0) is 19.8 Å². The third-order valence-corrected chi connectivity index (χ3v) is 2.71. The van der Waals surface area contributed by atoms with Gasteiger partial charge in [0.1, 0.15) is 0 Å². The van der Waals surface area contributed by atoms with E-state index in [4.69, 9.17) is 14.5 Å². The van der Waals surface area contributed by atoms with Gasteiger partial charge in [-0.25, -0.2) is 0 Å². The molecule has 0 radical (unpaired) electrons. The molecular formula is C11H15N3O2. The Kier molecular flexibility index (Phi) is 3.52. The average Bonchev–Trinajstić information content (AvgIpc) is 2.78. The molecule has 1 aromatic rings. The second-order valence-electron chi connectivity index (χ2n) is 4.19. The summed E-state index contributed by atoms with van der Waals surface area (Å²) >= 11 is 0. The number of aromatic nitrogens is 2. The predicted octanol–water partition coefficient (Wildman–Crippen LogP) is 1.67. The molecule has 2 atom stereocenters. The summed E-state index contributed by atoms with van der Waals surface area (Å²) in [6.45, 7) is 3.34. The molecule has 1 aromatic heterocycles. The molecule has 2 heterocycles. The Labute approximate surface area is 94.4 Å². The predicted molar refractivity (Wildman–Crippen MR) is 55.6 cm³/mol. The number of hydrogen-bond donors (Lipinski definition) is 0. The molecular weight excluding hydrogens is 206 g/mol. The Bertz CT molecular complexity index is 377. The van der Waals surface area contributed by atoms with Gasteiger partial charge in [0.2, 0.25) is 5.89 Å². The Balaban J connectivity index is 1.98. The van der Waals surface area contributed by atoms with E-state index in [0.29, 0.717) is 18.9 Å². The molecule has 0 bridgehead atoms. The molecule has 0 aliphatic carbocycles. The lowest BCUT2D eigenvalue weighted by Crippen LogP contribution is -2.16. The smallest absolute Gasteiger partial charge is 0.227 e. The number of ether oxygens (including phenoxy) is 1. The summed E-state index contributed by atoms with van der Waals surface area (Å²) in [4.78, 5) is 4.31. The zero-order chi connectivity index (χ0) is 11.4. The van der Waals surface area contributed by atoms with Gasteiger partial charge >= 0.3 is 0 Å². The summed E-state index contributed by atoms with van der Waals surface area (Å²) < 4.78 is 10.5. The molecule has 0 amide bonds. The van der Waals surface area contributed by atoms with Gasteiger partial charge in [-0.3, -0.25) is 0 Å². The highest BCUT2D eigenvalue weighted by Gasteiger charge is 2.21. The van der Waals surface area contributed by atoms with E-state index < -0.39 is 0 Å². The fraction of sp³-hybridized carbons (Fsp3) is 0.727. The molecule has 0 N–H and O–H groups in total. The maximum atomic E-state index is 8.69. The first kappa shape index (κ1) is 11.1. The van der Waals surface area contributed by atoms with E-state index in [2.05, 4.69) is 16.2 Å². The van der Waals surface area contributed by atoms with Crippen molar-refractivity contribution in [1.29, 1.82) is 5.26 Å². The zero-order valence-electron chi connectivity index (χ0n) is 9.35. The molecule has 2 rings (SSSR count). The van der Waals surface area contributed by atoms with Gasteiger partial charge in [0, 0.05) is 18.9 Å². The molecule has 1 aliphatic rings. The van der Waals surface area contributed by atoms with E-state index in [1.165, 1.54) is 0 Å². The first-order valence-electron chi connectivity index (χ1n) is 5.59. The number of hydrogen-bond acceptors (Lipinski definition) is 5. The van der Waals surface area contributed by atoms with Crippen molar-refractivity contribution in [3.63, 3.8) is 0 Å². The van der Waals surface area contributed by atoms with Crippen molar-refractivity contribution < 1.29 is 9.26 Å². The van der Waals surface area contributed by atoms with Crippen LogP contribution in [0.2, 0.25) is 0 Å². The number of nitrogens with zero attached hydrogens (tertiary/aromatic N) is 3. The van der Waals surface area contributed by atoms with Crippen LogP contribution >= 0.6 is 0 Å². The van der Waals surface area contributed by atoms with Gasteiger partial charge in [0.25, 0.3) is 0 Å². The van der Waals surface area contributed by atoms with E-state index in [1.54, 1.807) is 0 Å². The van der Waals surface area contributed by atoms with Crippen LogP contribution in [0.4, 0.5) is 0 Å². The first-order valence-corrected chi connectivity index (χ1v) is 5.59. The van der Waals surface area contributed by atoms with Crippen LogP contribution in [0.25, 0.3) is 0 Å². The highest BCUT2D eigenvalue weighted by Crippen LogP contribution is 2.23. The largest absolute Gasteiger partial charge is 0.381 e. The average molecular weight is 221 g/mol. The van der Waals surface area contributed by atoms with Crippen molar-refractivity contribution in [2.45, 2.75) is 32.1 Å². The van der Waals surface area contributed by atoms with E-state index in [1.807, 2.05) is 6.92 Å². The van der Waals surface area contributed by atoms with Crippen molar-refractivity contribution in [2.75, 3.05) is 13.2 Å². The second-order valence-corrected chi connectivity index (χ2v) is 4.19. The summed E-state index contributed by atoms with van der Waals surface area (Å²) in [6, 6.07) is 2.15. The maximum Gasteiger partial charge on any atom is 0.227 e. The standard InChI is InChI=1S/C11H15N3O2/c1-8(6-12)5-10-13-11(14-16-10)9-3-2-4-15-7-9/h8-9H,2-5,7H2,1H3. The Hall–Kier alpha value is -1.41. The van der Waals surface area contributed by atoms with Crippen LogP contribution in [-0.4, -0.2) is 23.4 Å². The second kappa shape index (κ2) is 5.08. The van der Waals surface area contributed by atoms with Crippen LogP contribution in [0.3, 0.4) is 0 Å². The lowest BCUT2D eigenvalue weighted by Gasteiger charge is -2.18. The van der Waals surface area contributed by atoms with Crippen LogP contribution in [0.15, 0.2) is 4.52 Å². The molecule has 86 valence electrons. The minimum absolute atomic E-state index is 0.0871. The van der Waals surface area contributed by atoms with Crippen LogP contribution in [0, 0.1) is 17.2 Å². The molecule has 1 saturated heterocycles. The molecule has 16 heavy (non-hydrogen) atoms. The third-order valence-electron chi connectivity index (χ3n) is 2.71. The minimum Gasteiger partial charge on any atom is -0.381 e. The lowest BCUT2D eigenvalue weighted by molar-refractivity contribution is 0.0773. The summed E-state index contributed by atoms with van der Waals surface area (Å²) in [5.41, 5.74) is 0. The van der Waals surface area contributed by atoms with Crippen LogP contribution < -0.4 is 0 Å². The monoisotopic (exact) mass is 221 g/mol. The molecule has 1 aliphatic heterocycles. The molecule has 1 fully saturated rings. The highest BCUT2D eigenvalue weighted by atomic mass is 16.5. The van der Waals surface area contributed by atoms with Gasteiger partial charge in [-0.15, -0.1) is 0 Å². The Morgan fingerprint density at radius 3 is 3.19 bits per heavy atom. The topological polar surface area (TPSA) is 71.9 Å². The summed E-state index contributed by atoms with van der Waals surface area (Å²) in [6.07, 6.45) is 2.62. The van der Waals surface area contributed by atoms with Crippen molar-refractivity contribution >= 4 is 0 Å². The van der Waals surface area contributed by atoms with Crippen LogP contribution in [0.5, 0.6) is 0 Å². The number of nitriles is 1. The molecule has 2 unspecified atom stereocenters. The minimum atomic E-state index is -0.0871. The van der Waals surface area contributed by atoms with Crippen LogP contribution in [0.1, 0.15) is 37.4 Å². The highest BCUT2D eigenvalue weighted by molar-refractivity contribution is 4.98. The van der Waals surface area contributed by atoms with Crippen molar-refractivity contribution in [1.82, 2.24) is 10.1 Å². The molecule has 5 heteroatoms. The zero-order valence-corrected chi connectivity index (χ0v) is 9.35. The first-order chi connectivity index (χ1) is 7.79. The van der Waals surface area contributed by atoms with Crippen molar-refractivity contribution in [3.8, 4) is 6.07 Å². The molecule has 0 aromatic carbocycles. The van der Waals surface area contributed by atoms with Gasteiger partial charge in [0.15, 0.2) is 5.82 Å². The summed E-state index contributed by atoms with van der Waals surface area (Å²) in [5, 5.41) is 12.6. The van der Waals surface area contributed by atoms with Gasteiger partial charge in [0.05, 0.1) is 18.6 Å². The molecule has 0 spiro atoms. The summed E-state index contributed by atoms with van der Waals surface area (Å²) in [7, 11) is 0. The third kappa shape index (κ3) is 2.58. The van der Waals surface area contributed by atoms with E-state index in [-0.39, 0.29) is 11.8 Å². The summed E-state index contributed by atoms with van der Waals surface area (Å²) in [5.74, 6) is 1.44. The van der Waals surface area contributed by atoms with Gasteiger partial charge < -0.3 is 9.26 Å². The van der Waals surface area contributed by atoms with Crippen LogP contribution in [-0.2, 0) is 11.2 Å². The Morgan fingerprint density at radius 1 is 1.62 bits per heavy atom.